The molecule has 0 unspecified atom stereocenters. The normalized spacial score (nSPS) is 14.9. The van der Waals surface area contributed by atoms with Gasteiger partial charge in [0.25, 0.3) is 5.91 Å². The van der Waals surface area contributed by atoms with E-state index in [0.29, 0.717) is 23.2 Å². The van der Waals surface area contributed by atoms with Crippen molar-refractivity contribution in [3.05, 3.63) is 42.2 Å². The first-order valence-corrected chi connectivity index (χ1v) is 9.64. The number of carbonyl (C=O) groups is 1. The van der Waals surface area contributed by atoms with Gasteiger partial charge in [0.05, 0.1) is 10.2 Å². The Hall–Kier alpha value is -2.71. The van der Waals surface area contributed by atoms with Crippen LogP contribution in [0.25, 0.3) is 10.2 Å². The largest absolute Gasteiger partial charge is 0.457 e. The summed E-state index contributed by atoms with van der Waals surface area (Å²) >= 11 is 1.61. The molecule has 1 aliphatic heterocycles. The first-order chi connectivity index (χ1) is 13.2. The molecule has 0 bridgehead atoms. The van der Waals surface area contributed by atoms with Crippen molar-refractivity contribution in [2.45, 2.75) is 18.9 Å². The van der Waals surface area contributed by atoms with Gasteiger partial charge in [-0.25, -0.2) is 4.98 Å². The van der Waals surface area contributed by atoms with Gasteiger partial charge in [0, 0.05) is 44.6 Å². The summed E-state index contributed by atoms with van der Waals surface area (Å²) in [4.78, 5) is 20.4. The number of ether oxygens (including phenoxy) is 2. The van der Waals surface area contributed by atoms with Gasteiger partial charge in [-0.15, -0.1) is 0 Å². The smallest absolute Gasteiger partial charge is 0.269 e. The van der Waals surface area contributed by atoms with E-state index in [9.17, 15) is 4.79 Å². The average molecular weight is 384 g/mol. The first-order valence-electron chi connectivity index (χ1n) is 8.82. The molecule has 4 rings (SSSR count). The summed E-state index contributed by atoms with van der Waals surface area (Å²) in [5.41, 5.74) is 1.25. The average Bonchev–Trinajstić information content (AvgIpc) is 3.10. The Morgan fingerprint density at radius 1 is 1.22 bits per heavy atom. The molecule has 0 aliphatic carbocycles. The van der Waals surface area contributed by atoms with Gasteiger partial charge in [-0.2, -0.15) is 0 Å². The molecule has 0 atom stereocenters. The van der Waals surface area contributed by atoms with Gasteiger partial charge >= 0.3 is 0 Å². The maximum absolute atomic E-state index is 11.7. The van der Waals surface area contributed by atoms with Gasteiger partial charge in [0.15, 0.2) is 5.13 Å². The zero-order chi connectivity index (χ0) is 18.6. The minimum atomic E-state index is -0.248. The molecule has 1 aromatic carbocycles. The van der Waals surface area contributed by atoms with E-state index in [4.69, 9.17) is 9.47 Å². The molecular formula is C19H20N4O3S. The second kappa shape index (κ2) is 7.89. The molecule has 0 radical (unpaired) electrons. The summed E-state index contributed by atoms with van der Waals surface area (Å²) in [6.07, 6.45) is 3.56. The van der Waals surface area contributed by atoms with Gasteiger partial charge in [-0.3, -0.25) is 9.78 Å². The number of anilines is 1. The van der Waals surface area contributed by atoms with Crippen LogP contribution in [0.15, 0.2) is 36.5 Å². The molecule has 0 saturated carbocycles. The van der Waals surface area contributed by atoms with Gasteiger partial charge in [0.2, 0.25) is 0 Å². The molecular weight excluding hydrogens is 364 g/mol. The number of thiazole rings is 1. The van der Waals surface area contributed by atoms with Gasteiger partial charge < -0.3 is 20.1 Å². The predicted octanol–water partition coefficient (Wildman–Crippen LogP) is 3.43. The van der Waals surface area contributed by atoms with Crippen molar-refractivity contribution >= 4 is 32.6 Å². The van der Waals surface area contributed by atoms with Crippen LogP contribution in [0, 0.1) is 0 Å². The van der Waals surface area contributed by atoms with Crippen molar-refractivity contribution in [1.29, 1.82) is 0 Å². The van der Waals surface area contributed by atoms with Crippen LogP contribution >= 0.6 is 11.3 Å². The molecule has 3 heterocycles. The van der Waals surface area contributed by atoms with Gasteiger partial charge in [-0.05, 0) is 31.0 Å². The number of amides is 1. The van der Waals surface area contributed by atoms with Crippen LogP contribution in [0.2, 0.25) is 0 Å². The monoisotopic (exact) mass is 384 g/mol. The Labute approximate surface area is 160 Å². The summed E-state index contributed by atoms with van der Waals surface area (Å²) < 4.78 is 12.3. The summed E-state index contributed by atoms with van der Waals surface area (Å²) in [6.45, 7) is 1.59. The van der Waals surface area contributed by atoms with E-state index in [1.807, 2.05) is 18.2 Å². The van der Waals surface area contributed by atoms with Crippen LogP contribution in [-0.4, -0.2) is 42.2 Å². The maximum atomic E-state index is 11.7. The standard InChI is InChI=1S/C19H20N4O3S/c1-20-18(24)16-10-14(4-7-21-16)26-13-2-3-15-17(11-13)27-19(23-15)22-12-5-8-25-9-6-12/h2-4,7,10-12H,5-6,8-9H2,1H3,(H,20,24)(H,22,23). The highest BCUT2D eigenvalue weighted by molar-refractivity contribution is 7.22. The van der Waals surface area contributed by atoms with Crippen molar-refractivity contribution in [3.8, 4) is 11.5 Å². The second-order valence-corrected chi connectivity index (χ2v) is 7.27. The minimum Gasteiger partial charge on any atom is -0.457 e. The Kier molecular flexibility index (Phi) is 5.17. The predicted molar refractivity (Wildman–Crippen MR) is 105 cm³/mol. The van der Waals surface area contributed by atoms with Crippen LogP contribution in [0.3, 0.4) is 0 Å². The summed E-state index contributed by atoms with van der Waals surface area (Å²) in [5, 5.41) is 6.97. The summed E-state index contributed by atoms with van der Waals surface area (Å²) in [6, 6.07) is 9.53. The molecule has 1 aliphatic rings. The molecule has 1 saturated heterocycles. The molecule has 7 nitrogen and oxygen atoms in total. The van der Waals surface area contributed by atoms with Crippen LogP contribution in [0.1, 0.15) is 23.3 Å². The number of rotatable bonds is 5. The fourth-order valence-electron chi connectivity index (χ4n) is 2.91. The molecule has 1 fully saturated rings. The Morgan fingerprint density at radius 3 is 2.85 bits per heavy atom. The third-order valence-electron chi connectivity index (χ3n) is 4.34. The molecule has 27 heavy (non-hydrogen) atoms. The fraction of sp³-hybridized carbons (Fsp3) is 0.316. The number of pyridine rings is 1. The van der Waals surface area contributed by atoms with Crippen LogP contribution in [-0.2, 0) is 4.74 Å². The lowest BCUT2D eigenvalue weighted by atomic mass is 10.1. The summed E-state index contributed by atoms with van der Waals surface area (Å²) in [7, 11) is 1.57. The van der Waals surface area contributed by atoms with E-state index < -0.39 is 0 Å². The number of hydrogen-bond donors (Lipinski definition) is 2. The molecule has 0 spiro atoms. The van der Waals surface area contributed by atoms with Crippen molar-refractivity contribution in [3.63, 3.8) is 0 Å². The van der Waals surface area contributed by atoms with E-state index in [1.54, 1.807) is 36.7 Å². The molecule has 3 aromatic rings. The van der Waals surface area contributed by atoms with E-state index in [0.717, 1.165) is 41.4 Å². The van der Waals surface area contributed by atoms with Crippen molar-refractivity contribution < 1.29 is 14.3 Å². The highest BCUT2D eigenvalue weighted by Crippen LogP contribution is 2.32. The van der Waals surface area contributed by atoms with Crippen LogP contribution < -0.4 is 15.4 Å². The number of benzene rings is 1. The minimum absolute atomic E-state index is 0.248. The molecule has 2 N–H and O–H groups in total. The zero-order valence-corrected chi connectivity index (χ0v) is 15.7. The van der Waals surface area contributed by atoms with Crippen molar-refractivity contribution in [1.82, 2.24) is 15.3 Å². The number of aromatic nitrogens is 2. The quantitative estimate of drug-likeness (QED) is 0.701. The van der Waals surface area contributed by atoms with Crippen LogP contribution in [0.4, 0.5) is 5.13 Å². The Balaban J connectivity index is 1.50. The topological polar surface area (TPSA) is 85.4 Å². The second-order valence-electron chi connectivity index (χ2n) is 6.24. The highest BCUT2D eigenvalue weighted by atomic mass is 32.1. The lowest BCUT2D eigenvalue weighted by molar-refractivity contribution is 0.0904. The van der Waals surface area contributed by atoms with E-state index in [2.05, 4.69) is 20.6 Å². The number of hydrogen-bond acceptors (Lipinski definition) is 7. The lowest BCUT2D eigenvalue weighted by Crippen LogP contribution is -2.27. The number of nitrogens with one attached hydrogen (secondary N) is 2. The third kappa shape index (κ3) is 4.17. The highest BCUT2D eigenvalue weighted by Gasteiger charge is 2.15. The third-order valence-corrected chi connectivity index (χ3v) is 5.28. The fourth-order valence-corrected chi connectivity index (χ4v) is 3.88. The lowest BCUT2D eigenvalue weighted by Gasteiger charge is -2.22. The van der Waals surface area contributed by atoms with Crippen molar-refractivity contribution in [2.75, 3.05) is 25.6 Å². The zero-order valence-electron chi connectivity index (χ0n) is 14.9. The molecule has 1 amide bonds. The Morgan fingerprint density at radius 2 is 2.04 bits per heavy atom. The number of fused-ring (bicyclic) bond motifs is 1. The summed E-state index contributed by atoms with van der Waals surface area (Å²) in [5.74, 6) is 1.01. The molecule has 2 aromatic heterocycles. The SMILES string of the molecule is CNC(=O)c1cc(Oc2ccc3nc(NC4CCOCC4)sc3c2)ccn1. The number of carbonyl (C=O) groups excluding carboxylic acids is 1. The van der Waals surface area contributed by atoms with Crippen LogP contribution in [0.5, 0.6) is 11.5 Å². The Bertz CT molecular complexity index is 953. The maximum Gasteiger partial charge on any atom is 0.269 e. The van der Waals surface area contributed by atoms with Crippen molar-refractivity contribution in [2.24, 2.45) is 0 Å². The molecule has 140 valence electrons. The van der Waals surface area contributed by atoms with E-state index in [1.165, 1.54) is 0 Å². The van der Waals surface area contributed by atoms with Gasteiger partial charge in [0.1, 0.15) is 17.2 Å². The number of nitrogens with zero attached hydrogens (tertiary/aromatic N) is 2. The molecule has 8 heteroatoms. The van der Waals surface area contributed by atoms with Gasteiger partial charge in [-0.1, -0.05) is 11.3 Å². The van der Waals surface area contributed by atoms with E-state index in [-0.39, 0.29) is 5.91 Å². The first kappa shape index (κ1) is 17.7. The van der Waals surface area contributed by atoms with E-state index >= 15 is 0 Å².